The maximum absolute atomic E-state index is 4.27. The van der Waals surface area contributed by atoms with Gasteiger partial charge in [0.1, 0.15) is 0 Å². The molecule has 0 radical (unpaired) electrons. The molecule has 1 aliphatic carbocycles. The van der Waals surface area contributed by atoms with Crippen LogP contribution in [0.3, 0.4) is 0 Å². The van der Waals surface area contributed by atoms with E-state index in [0.717, 1.165) is 23.0 Å². The summed E-state index contributed by atoms with van der Waals surface area (Å²) in [6.45, 7) is 6.25. The van der Waals surface area contributed by atoms with Gasteiger partial charge >= 0.3 is 0 Å². The van der Waals surface area contributed by atoms with E-state index in [1.807, 2.05) is 6.92 Å². The quantitative estimate of drug-likeness (QED) is 0.870. The van der Waals surface area contributed by atoms with Gasteiger partial charge in [0, 0.05) is 0 Å². The van der Waals surface area contributed by atoms with E-state index in [9.17, 15) is 0 Å². The summed E-state index contributed by atoms with van der Waals surface area (Å²) in [4.78, 5) is 0. The monoisotopic (exact) mass is 255 g/mol. The number of aryl methyl sites for hydroxylation is 3. The Hall–Kier alpha value is -1.77. The smallest absolute Gasteiger partial charge is 0.0825 e. The van der Waals surface area contributed by atoms with Crippen LogP contribution in [0.4, 0.5) is 5.69 Å². The van der Waals surface area contributed by atoms with Crippen molar-refractivity contribution in [2.24, 2.45) is 5.92 Å². The minimum atomic E-state index is 0.413. The van der Waals surface area contributed by atoms with Crippen LogP contribution in [0.25, 0.3) is 0 Å². The highest BCUT2D eigenvalue weighted by atomic mass is 15.2. The van der Waals surface area contributed by atoms with Gasteiger partial charge in [0.15, 0.2) is 0 Å². The van der Waals surface area contributed by atoms with Gasteiger partial charge in [-0.05, 0) is 45.1 Å². The van der Waals surface area contributed by atoms with Crippen molar-refractivity contribution in [2.75, 3.05) is 5.32 Å². The fraction of sp³-hybridized carbons (Fsp3) is 0.438. The molecule has 1 aromatic carbocycles. The van der Waals surface area contributed by atoms with E-state index < -0.39 is 0 Å². The molecule has 0 saturated heterocycles. The van der Waals surface area contributed by atoms with Crippen molar-refractivity contribution in [3.8, 4) is 0 Å². The first-order valence-corrected chi connectivity index (χ1v) is 7.00. The Morgan fingerprint density at radius 3 is 2.37 bits per heavy atom. The molecule has 1 aromatic heterocycles. The number of rotatable bonds is 4. The van der Waals surface area contributed by atoms with Crippen molar-refractivity contribution in [3.05, 3.63) is 46.8 Å². The molecule has 1 saturated carbocycles. The second-order valence-electron chi connectivity index (χ2n) is 5.68. The summed E-state index contributed by atoms with van der Waals surface area (Å²) >= 11 is 0. The SMILES string of the molecule is Cc1ccc(C(Nc2c(C)n[nH]c2C)C2CC2)cc1. The second-order valence-corrected chi connectivity index (χ2v) is 5.68. The minimum Gasteiger partial charge on any atom is -0.375 e. The lowest BCUT2D eigenvalue weighted by molar-refractivity contribution is 0.677. The molecule has 1 aliphatic rings. The van der Waals surface area contributed by atoms with Crippen LogP contribution >= 0.6 is 0 Å². The van der Waals surface area contributed by atoms with Crippen LogP contribution < -0.4 is 5.32 Å². The van der Waals surface area contributed by atoms with Crippen LogP contribution in [-0.2, 0) is 0 Å². The van der Waals surface area contributed by atoms with Crippen LogP contribution in [0.2, 0.25) is 0 Å². The summed E-state index contributed by atoms with van der Waals surface area (Å²) in [6.07, 6.45) is 2.64. The predicted molar refractivity (Wildman–Crippen MR) is 78.3 cm³/mol. The lowest BCUT2D eigenvalue weighted by atomic mass is 10.0. The highest BCUT2D eigenvalue weighted by Gasteiger charge is 2.33. The number of nitrogens with zero attached hydrogens (tertiary/aromatic N) is 1. The summed E-state index contributed by atoms with van der Waals surface area (Å²) in [5, 5.41) is 11.0. The summed E-state index contributed by atoms with van der Waals surface area (Å²) in [7, 11) is 0. The zero-order chi connectivity index (χ0) is 13.4. The third kappa shape index (κ3) is 2.50. The standard InChI is InChI=1S/C16H21N3/c1-10-4-6-13(7-5-10)16(14-8-9-14)17-15-11(2)18-19-12(15)3/h4-7,14,16-17H,8-9H2,1-3H3,(H,18,19). The molecule has 1 fully saturated rings. The molecule has 0 bridgehead atoms. The highest BCUT2D eigenvalue weighted by Crippen LogP contribution is 2.43. The van der Waals surface area contributed by atoms with Crippen molar-refractivity contribution < 1.29 is 0 Å². The molecule has 0 aliphatic heterocycles. The summed E-state index contributed by atoms with van der Waals surface area (Å²) in [5.74, 6) is 0.761. The molecule has 100 valence electrons. The summed E-state index contributed by atoms with van der Waals surface area (Å²) in [6, 6.07) is 9.30. The lowest BCUT2D eigenvalue weighted by Gasteiger charge is -2.20. The van der Waals surface area contributed by atoms with Gasteiger partial charge in [-0.25, -0.2) is 0 Å². The van der Waals surface area contributed by atoms with E-state index in [-0.39, 0.29) is 0 Å². The number of benzene rings is 1. The first-order valence-electron chi connectivity index (χ1n) is 7.00. The van der Waals surface area contributed by atoms with Crippen LogP contribution in [-0.4, -0.2) is 10.2 Å². The zero-order valence-corrected chi connectivity index (χ0v) is 11.8. The van der Waals surface area contributed by atoms with Gasteiger partial charge in [-0.15, -0.1) is 0 Å². The third-order valence-electron chi connectivity index (χ3n) is 3.96. The van der Waals surface area contributed by atoms with Crippen LogP contribution in [0, 0.1) is 26.7 Å². The molecular weight excluding hydrogens is 234 g/mol. The average Bonchev–Trinajstić information content (AvgIpc) is 3.18. The zero-order valence-electron chi connectivity index (χ0n) is 11.8. The second kappa shape index (κ2) is 4.72. The van der Waals surface area contributed by atoms with Gasteiger partial charge in [0.2, 0.25) is 0 Å². The van der Waals surface area contributed by atoms with Gasteiger partial charge in [0.05, 0.1) is 23.1 Å². The van der Waals surface area contributed by atoms with Crippen molar-refractivity contribution in [1.29, 1.82) is 0 Å². The molecule has 1 heterocycles. The van der Waals surface area contributed by atoms with Crippen molar-refractivity contribution in [1.82, 2.24) is 10.2 Å². The van der Waals surface area contributed by atoms with Crippen LogP contribution in [0.15, 0.2) is 24.3 Å². The molecule has 3 rings (SSSR count). The van der Waals surface area contributed by atoms with E-state index in [2.05, 4.69) is 53.6 Å². The maximum atomic E-state index is 4.27. The number of hydrogen-bond acceptors (Lipinski definition) is 2. The van der Waals surface area contributed by atoms with E-state index in [1.165, 1.54) is 24.0 Å². The number of H-pyrrole nitrogens is 1. The van der Waals surface area contributed by atoms with Crippen LogP contribution in [0.5, 0.6) is 0 Å². The van der Waals surface area contributed by atoms with Gasteiger partial charge in [-0.3, -0.25) is 5.10 Å². The van der Waals surface area contributed by atoms with Gasteiger partial charge < -0.3 is 5.32 Å². The number of hydrogen-bond donors (Lipinski definition) is 2. The predicted octanol–water partition coefficient (Wildman–Crippen LogP) is 3.90. The molecule has 3 heteroatoms. The molecule has 1 atom stereocenters. The normalized spacial score (nSPS) is 16.4. The molecule has 19 heavy (non-hydrogen) atoms. The highest BCUT2D eigenvalue weighted by molar-refractivity contribution is 5.53. The van der Waals surface area contributed by atoms with Gasteiger partial charge in [0.25, 0.3) is 0 Å². The molecular formula is C16H21N3. The fourth-order valence-corrected chi connectivity index (χ4v) is 2.60. The van der Waals surface area contributed by atoms with Crippen LogP contribution in [0.1, 0.15) is 41.4 Å². The Balaban J connectivity index is 1.88. The number of aromatic amines is 1. The van der Waals surface area contributed by atoms with E-state index in [0.29, 0.717) is 6.04 Å². The molecule has 0 spiro atoms. The Bertz CT molecular complexity index is 545. The van der Waals surface area contributed by atoms with E-state index >= 15 is 0 Å². The first-order chi connectivity index (χ1) is 9.15. The van der Waals surface area contributed by atoms with Crippen molar-refractivity contribution >= 4 is 5.69 Å². The number of aromatic nitrogens is 2. The summed E-state index contributed by atoms with van der Waals surface area (Å²) in [5.41, 5.74) is 6.03. The van der Waals surface area contributed by atoms with E-state index in [4.69, 9.17) is 0 Å². The fourth-order valence-electron chi connectivity index (χ4n) is 2.60. The molecule has 2 N–H and O–H groups in total. The average molecular weight is 255 g/mol. The molecule has 2 aromatic rings. The summed E-state index contributed by atoms with van der Waals surface area (Å²) < 4.78 is 0. The number of nitrogens with one attached hydrogen (secondary N) is 2. The molecule has 1 unspecified atom stereocenters. The first kappa shape index (κ1) is 12.3. The Labute approximate surface area is 114 Å². The Morgan fingerprint density at radius 1 is 1.16 bits per heavy atom. The van der Waals surface area contributed by atoms with Gasteiger partial charge in [-0.1, -0.05) is 29.8 Å². The van der Waals surface area contributed by atoms with E-state index in [1.54, 1.807) is 0 Å². The minimum absolute atomic E-state index is 0.413. The molecule has 3 nitrogen and oxygen atoms in total. The Kier molecular flexibility index (Phi) is 3.05. The Morgan fingerprint density at radius 2 is 1.84 bits per heavy atom. The largest absolute Gasteiger partial charge is 0.375 e. The lowest BCUT2D eigenvalue weighted by Crippen LogP contribution is -2.13. The number of anilines is 1. The molecule has 0 amide bonds. The van der Waals surface area contributed by atoms with Crippen molar-refractivity contribution in [2.45, 2.75) is 39.7 Å². The van der Waals surface area contributed by atoms with Crippen molar-refractivity contribution in [3.63, 3.8) is 0 Å². The van der Waals surface area contributed by atoms with Gasteiger partial charge in [-0.2, -0.15) is 5.10 Å². The topological polar surface area (TPSA) is 40.7 Å². The third-order valence-corrected chi connectivity index (χ3v) is 3.96. The maximum Gasteiger partial charge on any atom is 0.0825 e.